The molecule has 0 saturated carbocycles. The summed E-state index contributed by atoms with van der Waals surface area (Å²) >= 11 is 0. The van der Waals surface area contributed by atoms with Crippen LogP contribution >= 0.6 is 0 Å². The van der Waals surface area contributed by atoms with E-state index in [1.54, 1.807) is 54.4 Å². The van der Waals surface area contributed by atoms with E-state index in [1.807, 2.05) is 43.3 Å². The Morgan fingerprint density at radius 2 is 1.61 bits per heavy atom. The van der Waals surface area contributed by atoms with Gasteiger partial charge in [-0.15, -0.1) is 0 Å². The van der Waals surface area contributed by atoms with Crippen molar-refractivity contribution in [3.05, 3.63) is 90.0 Å². The molecule has 0 spiro atoms. The fourth-order valence-corrected chi connectivity index (χ4v) is 2.76. The van der Waals surface area contributed by atoms with Crippen molar-refractivity contribution in [1.82, 2.24) is 0 Å². The standard InChI is InChI=1S/C23H22N2O3/c1-3-28-21-11-7-8-18(16-21)22(26)24-19-14-12-17(13-15-19)23(27)25(2)20-9-5-4-6-10-20/h4-16H,3H2,1-2H3,(H,24,26). The Kier molecular flexibility index (Phi) is 6.07. The van der Waals surface area contributed by atoms with Gasteiger partial charge in [-0.05, 0) is 61.5 Å². The number of benzene rings is 3. The van der Waals surface area contributed by atoms with Gasteiger partial charge >= 0.3 is 0 Å². The Bertz CT molecular complexity index is 953. The first-order chi connectivity index (χ1) is 13.6. The van der Waals surface area contributed by atoms with Gasteiger partial charge in [-0.3, -0.25) is 9.59 Å². The average molecular weight is 374 g/mol. The molecule has 3 rings (SSSR count). The lowest BCUT2D eigenvalue weighted by Gasteiger charge is -2.17. The molecule has 3 aromatic rings. The van der Waals surface area contributed by atoms with E-state index in [9.17, 15) is 9.59 Å². The van der Waals surface area contributed by atoms with Gasteiger partial charge in [-0.25, -0.2) is 0 Å². The second-order valence-electron chi connectivity index (χ2n) is 6.19. The van der Waals surface area contributed by atoms with E-state index >= 15 is 0 Å². The largest absolute Gasteiger partial charge is 0.494 e. The third-order valence-corrected chi connectivity index (χ3v) is 4.25. The SMILES string of the molecule is CCOc1cccc(C(=O)Nc2ccc(C(=O)N(C)c3ccccc3)cc2)c1. The van der Waals surface area contributed by atoms with Crippen LogP contribution in [0.3, 0.4) is 0 Å². The molecule has 142 valence electrons. The number of ether oxygens (including phenoxy) is 1. The Balaban J connectivity index is 1.68. The van der Waals surface area contributed by atoms with Crippen LogP contribution in [-0.4, -0.2) is 25.5 Å². The van der Waals surface area contributed by atoms with Crippen LogP contribution in [-0.2, 0) is 0 Å². The molecule has 0 aliphatic carbocycles. The number of carbonyl (C=O) groups excluding carboxylic acids is 2. The van der Waals surface area contributed by atoms with E-state index < -0.39 is 0 Å². The van der Waals surface area contributed by atoms with Gasteiger partial charge in [0.2, 0.25) is 0 Å². The molecule has 0 atom stereocenters. The third-order valence-electron chi connectivity index (χ3n) is 4.25. The fraction of sp³-hybridized carbons (Fsp3) is 0.130. The highest BCUT2D eigenvalue weighted by Gasteiger charge is 2.13. The Morgan fingerprint density at radius 3 is 2.29 bits per heavy atom. The number of rotatable bonds is 6. The smallest absolute Gasteiger partial charge is 0.258 e. The highest BCUT2D eigenvalue weighted by Crippen LogP contribution is 2.18. The number of amides is 2. The number of para-hydroxylation sites is 1. The topological polar surface area (TPSA) is 58.6 Å². The van der Waals surface area contributed by atoms with Crippen LogP contribution in [0.1, 0.15) is 27.6 Å². The molecule has 2 amide bonds. The molecule has 0 bridgehead atoms. The number of nitrogens with one attached hydrogen (secondary N) is 1. The highest BCUT2D eigenvalue weighted by molar-refractivity contribution is 6.07. The van der Waals surface area contributed by atoms with Gasteiger partial charge in [0.25, 0.3) is 11.8 Å². The quantitative estimate of drug-likeness (QED) is 0.685. The highest BCUT2D eigenvalue weighted by atomic mass is 16.5. The van der Waals surface area contributed by atoms with Gasteiger partial charge < -0.3 is 15.0 Å². The van der Waals surface area contributed by atoms with E-state index in [0.717, 1.165) is 5.69 Å². The number of hydrogen-bond donors (Lipinski definition) is 1. The maximum absolute atomic E-state index is 12.6. The predicted molar refractivity (Wildman–Crippen MR) is 111 cm³/mol. The second-order valence-corrected chi connectivity index (χ2v) is 6.19. The van der Waals surface area contributed by atoms with Crippen molar-refractivity contribution in [1.29, 1.82) is 0 Å². The second kappa shape index (κ2) is 8.86. The zero-order valence-corrected chi connectivity index (χ0v) is 15.9. The van der Waals surface area contributed by atoms with Crippen molar-refractivity contribution in [2.24, 2.45) is 0 Å². The summed E-state index contributed by atoms with van der Waals surface area (Å²) in [4.78, 5) is 26.7. The van der Waals surface area contributed by atoms with E-state index in [0.29, 0.717) is 29.2 Å². The molecule has 0 saturated heterocycles. The summed E-state index contributed by atoms with van der Waals surface area (Å²) in [6, 6.07) is 23.3. The molecule has 0 aliphatic rings. The first kappa shape index (κ1) is 19.2. The minimum atomic E-state index is -0.234. The molecule has 1 N–H and O–H groups in total. The molecule has 0 heterocycles. The zero-order chi connectivity index (χ0) is 19.9. The molecular weight excluding hydrogens is 352 g/mol. The lowest BCUT2D eigenvalue weighted by atomic mass is 10.1. The van der Waals surface area contributed by atoms with Crippen LogP contribution in [0.2, 0.25) is 0 Å². The molecule has 0 aliphatic heterocycles. The van der Waals surface area contributed by atoms with E-state index in [4.69, 9.17) is 4.74 Å². The monoisotopic (exact) mass is 374 g/mol. The fourth-order valence-electron chi connectivity index (χ4n) is 2.76. The molecule has 0 radical (unpaired) electrons. The van der Waals surface area contributed by atoms with Gasteiger partial charge in [0.15, 0.2) is 0 Å². The maximum atomic E-state index is 12.6. The van der Waals surface area contributed by atoms with Gasteiger partial charge in [0, 0.05) is 29.5 Å². The normalized spacial score (nSPS) is 10.2. The molecule has 5 nitrogen and oxygen atoms in total. The minimum Gasteiger partial charge on any atom is -0.494 e. The number of carbonyl (C=O) groups is 2. The molecular formula is C23H22N2O3. The molecule has 0 unspecified atom stereocenters. The number of anilines is 2. The lowest BCUT2D eigenvalue weighted by molar-refractivity contribution is 0.0991. The molecule has 3 aromatic carbocycles. The molecule has 28 heavy (non-hydrogen) atoms. The predicted octanol–water partition coefficient (Wildman–Crippen LogP) is 4.61. The summed E-state index contributed by atoms with van der Waals surface area (Å²) in [5.74, 6) is 0.301. The number of nitrogens with zero attached hydrogens (tertiary/aromatic N) is 1. The van der Waals surface area contributed by atoms with Crippen molar-refractivity contribution < 1.29 is 14.3 Å². The van der Waals surface area contributed by atoms with Gasteiger partial charge in [0.05, 0.1) is 6.61 Å². The van der Waals surface area contributed by atoms with Crippen LogP contribution in [0.15, 0.2) is 78.9 Å². The Morgan fingerprint density at radius 1 is 0.893 bits per heavy atom. The number of hydrogen-bond acceptors (Lipinski definition) is 3. The van der Waals surface area contributed by atoms with Crippen LogP contribution in [0.25, 0.3) is 0 Å². The van der Waals surface area contributed by atoms with Gasteiger partial charge in [0.1, 0.15) is 5.75 Å². The summed E-state index contributed by atoms with van der Waals surface area (Å²) in [5, 5.41) is 2.84. The van der Waals surface area contributed by atoms with Crippen LogP contribution in [0.5, 0.6) is 5.75 Å². The first-order valence-corrected chi connectivity index (χ1v) is 9.06. The van der Waals surface area contributed by atoms with Gasteiger partial charge in [-0.1, -0.05) is 24.3 Å². The van der Waals surface area contributed by atoms with Gasteiger partial charge in [-0.2, -0.15) is 0 Å². The van der Waals surface area contributed by atoms with Crippen molar-refractivity contribution in [3.8, 4) is 5.75 Å². The van der Waals surface area contributed by atoms with E-state index in [2.05, 4.69) is 5.32 Å². The van der Waals surface area contributed by atoms with Crippen LogP contribution in [0, 0.1) is 0 Å². The summed E-state index contributed by atoms with van der Waals surface area (Å²) in [6.45, 7) is 2.43. The zero-order valence-electron chi connectivity index (χ0n) is 15.9. The summed E-state index contributed by atoms with van der Waals surface area (Å²) in [6.07, 6.45) is 0. The lowest BCUT2D eigenvalue weighted by Crippen LogP contribution is -2.26. The molecule has 5 heteroatoms. The van der Waals surface area contributed by atoms with Crippen LogP contribution in [0.4, 0.5) is 11.4 Å². The van der Waals surface area contributed by atoms with Crippen molar-refractivity contribution in [3.63, 3.8) is 0 Å². The van der Waals surface area contributed by atoms with E-state index in [-0.39, 0.29) is 11.8 Å². The van der Waals surface area contributed by atoms with Crippen molar-refractivity contribution in [2.45, 2.75) is 6.92 Å². The van der Waals surface area contributed by atoms with Crippen LogP contribution < -0.4 is 15.0 Å². The summed E-state index contributed by atoms with van der Waals surface area (Å²) < 4.78 is 5.43. The molecule has 0 fully saturated rings. The minimum absolute atomic E-state index is 0.117. The Hall–Kier alpha value is -3.60. The summed E-state index contributed by atoms with van der Waals surface area (Å²) in [5.41, 5.74) is 2.49. The average Bonchev–Trinajstić information content (AvgIpc) is 2.74. The van der Waals surface area contributed by atoms with Crippen molar-refractivity contribution >= 4 is 23.2 Å². The third kappa shape index (κ3) is 4.57. The summed E-state index contributed by atoms with van der Waals surface area (Å²) in [7, 11) is 1.73. The van der Waals surface area contributed by atoms with Crippen molar-refractivity contribution in [2.75, 3.05) is 23.9 Å². The first-order valence-electron chi connectivity index (χ1n) is 9.06. The van der Waals surface area contributed by atoms with E-state index in [1.165, 1.54) is 0 Å². The molecule has 0 aromatic heterocycles. The Labute approximate surface area is 164 Å². The maximum Gasteiger partial charge on any atom is 0.258 e.